The minimum Gasteiger partial charge on any atom is -0.393 e. The van der Waals surface area contributed by atoms with Gasteiger partial charge in [-0.2, -0.15) is 0 Å². The minimum atomic E-state index is 0.0463. The molecule has 1 N–H and O–H groups in total. The lowest BCUT2D eigenvalue weighted by Gasteiger charge is -2.30. The molecule has 7 heavy (non-hydrogen) atoms. The molecule has 1 aliphatic rings. The van der Waals surface area contributed by atoms with Crippen molar-refractivity contribution >= 4 is 0 Å². The predicted octanol–water partition coefficient (Wildman–Crippen LogP) is 1.17. The average molecular weight is 100 g/mol. The maximum atomic E-state index is 8.91. The smallest absolute Gasteiger partial charge is 0.0568 e. The van der Waals surface area contributed by atoms with Crippen LogP contribution in [-0.2, 0) is 0 Å². The van der Waals surface area contributed by atoms with Crippen molar-refractivity contribution in [3.8, 4) is 0 Å². The Kier molecular flexibility index (Phi) is 1.33. The lowest BCUT2D eigenvalue weighted by Crippen LogP contribution is -2.30. The van der Waals surface area contributed by atoms with Gasteiger partial charge in [0.15, 0.2) is 0 Å². The Morgan fingerprint density at radius 2 is 2.29 bits per heavy atom. The van der Waals surface area contributed by atoms with Gasteiger partial charge >= 0.3 is 0 Å². The molecular formula is C6H12O. The molecule has 42 valence electrons. The molecule has 0 amide bonds. The number of aliphatic hydroxyl groups is 1. The van der Waals surface area contributed by atoms with Crippen LogP contribution in [0.2, 0.25) is 0 Å². The van der Waals surface area contributed by atoms with Gasteiger partial charge in [-0.3, -0.25) is 0 Å². The normalized spacial score (nSPS) is 40.3. The van der Waals surface area contributed by atoms with Crippen LogP contribution in [0.1, 0.15) is 26.2 Å². The number of rotatable bonds is 1. The standard InChI is InChI=1S/C6H12O/c1-2-5-3-4-6(5)7/h5-7H,2-4H2,1H3/t5-,6-/m0/s1. The molecule has 0 spiro atoms. The van der Waals surface area contributed by atoms with E-state index in [9.17, 15) is 0 Å². The molecule has 0 bridgehead atoms. The Bertz CT molecular complexity index is 59.2. The van der Waals surface area contributed by atoms with Gasteiger partial charge in [0, 0.05) is 0 Å². The highest BCUT2D eigenvalue weighted by Crippen LogP contribution is 2.29. The van der Waals surface area contributed by atoms with Gasteiger partial charge in [0.25, 0.3) is 0 Å². The van der Waals surface area contributed by atoms with E-state index in [0.29, 0.717) is 5.92 Å². The van der Waals surface area contributed by atoms with Crippen LogP contribution < -0.4 is 0 Å². The van der Waals surface area contributed by atoms with E-state index >= 15 is 0 Å². The van der Waals surface area contributed by atoms with E-state index < -0.39 is 0 Å². The molecule has 1 fully saturated rings. The lowest BCUT2D eigenvalue weighted by molar-refractivity contribution is 0.0222. The number of hydrogen-bond acceptors (Lipinski definition) is 1. The largest absolute Gasteiger partial charge is 0.393 e. The zero-order chi connectivity index (χ0) is 5.28. The summed E-state index contributed by atoms with van der Waals surface area (Å²) in [6.45, 7) is 2.13. The summed E-state index contributed by atoms with van der Waals surface area (Å²) in [7, 11) is 0. The summed E-state index contributed by atoms with van der Waals surface area (Å²) in [6.07, 6.45) is 3.49. The fourth-order valence-electron chi connectivity index (χ4n) is 1.03. The highest BCUT2D eigenvalue weighted by Gasteiger charge is 2.26. The Labute approximate surface area is 44.4 Å². The lowest BCUT2D eigenvalue weighted by atomic mass is 9.80. The van der Waals surface area contributed by atoms with E-state index in [4.69, 9.17) is 5.11 Å². The molecule has 1 saturated carbocycles. The molecule has 1 heteroatoms. The molecule has 0 radical (unpaired) electrons. The summed E-state index contributed by atoms with van der Waals surface area (Å²) < 4.78 is 0. The van der Waals surface area contributed by atoms with Gasteiger partial charge in [-0.1, -0.05) is 13.3 Å². The summed E-state index contributed by atoms with van der Waals surface area (Å²) in [5.74, 6) is 0.639. The first kappa shape index (κ1) is 5.10. The Hall–Kier alpha value is -0.0400. The molecule has 2 atom stereocenters. The third-order valence-electron chi connectivity index (χ3n) is 1.90. The summed E-state index contributed by atoms with van der Waals surface area (Å²) in [4.78, 5) is 0. The maximum absolute atomic E-state index is 8.91. The fourth-order valence-corrected chi connectivity index (χ4v) is 1.03. The van der Waals surface area contributed by atoms with Gasteiger partial charge in [0.05, 0.1) is 6.10 Å². The van der Waals surface area contributed by atoms with E-state index in [0.717, 1.165) is 12.8 Å². The third kappa shape index (κ3) is 0.778. The van der Waals surface area contributed by atoms with Crippen LogP contribution in [-0.4, -0.2) is 11.2 Å². The van der Waals surface area contributed by atoms with E-state index in [2.05, 4.69) is 6.92 Å². The van der Waals surface area contributed by atoms with Gasteiger partial charge in [0.1, 0.15) is 0 Å². The predicted molar refractivity (Wildman–Crippen MR) is 29.0 cm³/mol. The molecule has 0 aliphatic heterocycles. The van der Waals surface area contributed by atoms with Crippen molar-refractivity contribution in [2.75, 3.05) is 0 Å². The molecule has 1 nitrogen and oxygen atoms in total. The van der Waals surface area contributed by atoms with Gasteiger partial charge < -0.3 is 5.11 Å². The molecule has 1 rings (SSSR count). The minimum absolute atomic E-state index is 0.0463. The van der Waals surface area contributed by atoms with Gasteiger partial charge in [-0.15, -0.1) is 0 Å². The molecule has 0 aromatic rings. The van der Waals surface area contributed by atoms with Crippen LogP contribution in [0.5, 0.6) is 0 Å². The van der Waals surface area contributed by atoms with Gasteiger partial charge in [-0.05, 0) is 18.8 Å². The summed E-state index contributed by atoms with van der Waals surface area (Å²) in [5, 5.41) is 8.91. The van der Waals surface area contributed by atoms with Crippen LogP contribution in [0, 0.1) is 5.92 Å². The summed E-state index contributed by atoms with van der Waals surface area (Å²) in [5.41, 5.74) is 0. The average Bonchev–Trinajstić information content (AvgIpc) is 1.65. The molecule has 0 heterocycles. The van der Waals surface area contributed by atoms with Gasteiger partial charge in [0.2, 0.25) is 0 Å². The zero-order valence-corrected chi connectivity index (χ0v) is 4.72. The molecule has 0 saturated heterocycles. The van der Waals surface area contributed by atoms with E-state index in [1.54, 1.807) is 0 Å². The SMILES string of the molecule is CC[C@H]1CC[C@@H]1O. The fraction of sp³-hybridized carbons (Fsp3) is 1.00. The second-order valence-electron chi connectivity index (χ2n) is 2.31. The highest BCUT2D eigenvalue weighted by atomic mass is 16.3. The first-order valence-electron chi connectivity index (χ1n) is 3.02. The molecule has 0 aromatic heterocycles. The molecule has 1 aliphatic carbocycles. The monoisotopic (exact) mass is 100 g/mol. The number of aliphatic hydroxyl groups excluding tert-OH is 1. The van der Waals surface area contributed by atoms with E-state index in [1.807, 2.05) is 0 Å². The Balaban J connectivity index is 2.16. The molecular weight excluding hydrogens is 88.1 g/mol. The summed E-state index contributed by atoms with van der Waals surface area (Å²) in [6, 6.07) is 0. The second kappa shape index (κ2) is 1.83. The highest BCUT2D eigenvalue weighted by molar-refractivity contribution is 4.77. The first-order valence-corrected chi connectivity index (χ1v) is 3.02. The van der Waals surface area contributed by atoms with Crippen molar-refractivity contribution in [1.82, 2.24) is 0 Å². The van der Waals surface area contributed by atoms with Crippen LogP contribution in [0.3, 0.4) is 0 Å². The molecule has 0 aromatic carbocycles. The Morgan fingerprint density at radius 1 is 1.57 bits per heavy atom. The number of hydrogen-bond donors (Lipinski definition) is 1. The van der Waals surface area contributed by atoms with Gasteiger partial charge in [-0.25, -0.2) is 0 Å². The summed E-state index contributed by atoms with van der Waals surface area (Å²) >= 11 is 0. The van der Waals surface area contributed by atoms with Crippen LogP contribution >= 0.6 is 0 Å². The van der Waals surface area contributed by atoms with Crippen molar-refractivity contribution in [3.05, 3.63) is 0 Å². The van der Waals surface area contributed by atoms with Crippen LogP contribution in [0.25, 0.3) is 0 Å². The van der Waals surface area contributed by atoms with Crippen molar-refractivity contribution in [2.45, 2.75) is 32.3 Å². The van der Waals surface area contributed by atoms with E-state index in [1.165, 1.54) is 6.42 Å². The van der Waals surface area contributed by atoms with Crippen LogP contribution in [0.15, 0.2) is 0 Å². The van der Waals surface area contributed by atoms with Crippen molar-refractivity contribution in [1.29, 1.82) is 0 Å². The first-order chi connectivity index (χ1) is 3.34. The quantitative estimate of drug-likeness (QED) is 0.524. The van der Waals surface area contributed by atoms with Crippen LogP contribution in [0.4, 0.5) is 0 Å². The maximum Gasteiger partial charge on any atom is 0.0568 e. The topological polar surface area (TPSA) is 20.2 Å². The van der Waals surface area contributed by atoms with Crippen molar-refractivity contribution in [2.24, 2.45) is 5.92 Å². The third-order valence-corrected chi connectivity index (χ3v) is 1.90. The zero-order valence-electron chi connectivity index (χ0n) is 4.72. The van der Waals surface area contributed by atoms with Crippen molar-refractivity contribution in [3.63, 3.8) is 0 Å². The molecule has 0 unspecified atom stereocenters. The Morgan fingerprint density at radius 3 is 2.29 bits per heavy atom. The second-order valence-corrected chi connectivity index (χ2v) is 2.31. The van der Waals surface area contributed by atoms with E-state index in [-0.39, 0.29) is 6.10 Å². The van der Waals surface area contributed by atoms with Crippen molar-refractivity contribution < 1.29 is 5.11 Å².